The first-order valence-corrected chi connectivity index (χ1v) is 7.27. The van der Waals surface area contributed by atoms with Gasteiger partial charge in [-0.05, 0) is 25.0 Å². The van der Waals surface area contributed by atoms with Crippen LogP contribution in [0, 0.1) is 0 Å². The lowest BCUT2D eigenvalue weighted by Crippen LogP contribution is -2.45. The minimum absolute atomic E-state index is 0.190. The number of nitrogens with one attached hydrogen (secondary N) is 1. The average Bonchev–Trinajstić information content (AvgIpc) is 2.50. The summed E-state index contributed by atoms with van der Waals surface area (Å²) in [5, 5.41) is 2.85. The van der Waals surface area contributed by atoms with Crippen LogP contribution < -0.4 is 5.32 Å². The van der Waals surface area contributed by atoms with Crippen LogP contribution in [0.2, 0.25) is 0 Å². The first-order chi connectivity index (χ1) is 10.2. The third kappa shape index (κ3) is 3.42. The average molecular weight is 287 g/mol. The van der Waals surface area contributed by atoms with Crippen molar-refractivity contribution in [2.75, 3.05) is 13.1 Å². The van der Waals surface area contributed by atoms with Gasteiger partial charge in [0.05, 0.1) is 5.69 Å². The van der Waals surface area contributed by atoms with E-state index in [1.54, 1.807) is 0 Å². The molecule has 5 nitrogen and oxygen atoms in total. The summed E-state index contributed by atoms with van der Waals surface area (Å²) in [6.07, 6.45) is 1.70. The van der Waals surface area contributed by atoms with Crippen LogP contribution in [-0.2, 0) is 4.74 Å². The quantitative estimate of drug-likeness (QED) is 0.921. The van der Waals surface area contributed by atoms with Gasteiger partial charge in [0.2, 0.25) is 0 Å². The molecule has 1 aliphatic heterocycles. The van der Waals surface area contributed by atoms with Gasteiger partial charge >= 0.3 is 12.1 Å². The Bertz CT molecular complexity index is 566. The summed E-state index contributed by atoms with van der Waals surface area (Å²) >= 11 is 0. The molecule has 1 aliphatic rings. The van der Waals surface area contributed by atoms with Crippen LogP contribution in [-0.4, -0.2) is 30.0 Å². The summed E-state index contributed by atoms with van der Waals surface area (Å²) in [4.78, 5) is 18.2. The molecule has 0 saturated carbocycles. The summed E-state index contributed by atoms with van der Waals surface area (Å²) < 4.78 is 5.65. The summed E-state index contributed by atoms with van der Waals surface area (Å²) in [5.74, 6) is 0.514. The van der Waals surface area contributed by atoms with Crippen LogP contribution in [0.5, 0.6) is 0 Å². The zero-order valence-electron chi connectivity index (χ0n) is 12.6. The van der Waals surface area contributed by atoms with E-state index in [4.69, 9.17) is 4.74 Å². The molecule has 1 aromatic rings. The second-order valence-corrected chi connectivity index (χ2v) is 4.82. The molecule has 0 bridgehead atoms. The predicted octanol–water partition coefficient (Wildman–Crippen LogP) is 3.51. The Morgan fingerprint density at radius 3 is 2.81 bits per heavy atom. The number of aliphatic imine (C=N–C) groups is 1. The fourth-order valence-electron chi connectivity index (χ4n) is 2.05. The van der Waals surface area contributed by atoms with Crippen LogP contribution in [0.1, 0.15) is 32.3 Å². The summed E-state index contributed by atoms with van der Waals surface area (Å²) in [6.45, 7) is 9.10. The van der Waals surface area contributed by atoms with E-state index in [1.807, 2.05) is 38.1 Å². The molecule has 1 aromatic carbocycles. The van der Waals surface area contributed by atoms with Gasteiger partial charge in [0.15, 0.2) is 0 Å². The largest absolute Gasteiger partial charge is 0.425 e. The number of para-hydroxylation sites is 1. The van der Waals surface area contributed by atoms with E-state index < -0.39 is 0 Å². The number of rotatable bonds is 4. The van der Waals surface area contributed by atoms with Crippen molar-refractivity contribution in [3.05, 3.63) is 36.4 Å². The summed E-state index contributed by atoms with van der Waals surface area (Å²) in [7, 11) is 0. The lowest BCUT2D eigenvalue weighted by atomic mass is 10.1. The van der Waals surface area contributed by atoms with Crippen molar-refractivity contribution in [2.24, 2.45) is 4.99 Å². The molecule has 2 rings (SSSR count). The number of carbonyl (C=O) groups is 1. The second kappa shape index (κ2) is 6.92. The Balaban J connectivity index is 2.27. The van der Waals surface area contributed by atoms with E-state index in [0.29, 0.717) is 18.8 Å². The van der Waals surface area contributed by atoms with Crippen molar-refractivity contribution >= 4 is 23.5 Å². The molecule has 0 unspecified atom stereocenters. The number of carbonyl (C=O) groups excluding carboxylic acids is 1. The Kier molecular flexibility index (Phi) is 4.98. The van der Waals surface area contributed by atoms with Gasteiger partial charge in [-0.3, -0.25) is 0 Å². The van der Waals surface area contributed by atoms with E-state index in [1.165, 1.54) is 4.90 Å². The number of nitrogens with zero attached hydrogens (tertiary/aromatic N) is 2. The zero-order chi connectivity index (χ0) is 15.2. The molecule has 0 aromatic heterocycles. The molecular formula is C16H21N3O2. The van der Waals surface area contributed by atoms with E-state index in [9.17, 15) is 4.79 Å². The number of fused-ring (bicyclic) bond motifs is 1. The van der Waals surface area contributed by atoms with Gasteiger partial charge in [0.1, 0.15) is 5.76 Å². The Hall–Kier alpha value is -2.30. The molecule has 1 N–H and O–H groups in total. The van der Waals surface area contributed by atoms with Gasteiger partial charge in [-0.15, -0.1) is 0 Å². The molecule has 0 fully saturated rings. The van der Waals surface area contributed by atoms with Crippen LogP contribution in [0.3, 0.4) is 0 Å². The number of urea groups is 1. The molecule has 21 heavy (non-hydrogen) atoms. The summed E-state index contributed by atoms with van der Waals surface area (Å²) in [5.41, 5.74) is 1.62. The third-order valence-electron chi connectivity index (χ3n) is 3.08. The molecule has 0 spiro atoms. The van der Waals surface area contributed by atoms with Gasteiger partial charge in [-0.2, -0.15) is 4.99 Å². The first kappa shape index (κ1) is 15.1. The molecule has 0 saturated heterocycles. The Labute approximate surface area is 125 Å². The Morgan fingerprint density at radius 2 is 2.10 bits per heavy atom. The minimum Gasteiger partial charge on any atom is -0.425 e. The molecule has 2 amide bonds. The zero-order valence-corrected chi connectivity index (χ0v) is 12.6. The van der Waals surface area contributed by atoms with Crippen LogP contribution >= 0.6 is 0 Å². The van der Waals surface area contributed by atoms with Gasteiger partial charge < -0.3 is 10.1 Å². The van der Waals surface area contributed by atoms with E-state index in [2.05, 4.69) is 16.9 Å². The SMILES string of the molecule is C=C1OC(N(CCC)C(=O)NCCC)=Nc2ccccc21. The van der Waals surface area contributed by atoms with Crippen molar-refractivity contribution in [2.45, 2.75) is 26.7 Å². The van der Waals surface area contributed by atoms with E-state index in [-0.39, 0.29) is 12.1 Å². The predicted molar refractivity (Wildman–Crippen MR) is 84.3 cm³/mol. The molecular weight excluding hydrogens is 266 g/mol. The molecule has 1 heterocycles. The highest BCUT2D eigenvalue weighted by atomic mass is 16.5. The number of ether oxygens (including phenoxy) is 1. The minimum atomic E-state index is -0.190. The molecule has 112 valence electrons. The number of hydrogen-bond acceptors (Lipinski definition) is 3. The maximum Gasteiger partial charge on any atom is 0.325 e. The van der Waals surface area contributed by atoms with Gasteiger partial charge in [-0.25, -0.2) is 9.69 Å². The Morgan fingerprint density at radius 1 is 1.33 bits per heavy atom. The highest BCUT2D eigenvalue weighted by molar-refractivity contribution is 5.99. The van der Waals surface area contributed by atoms with Gasteiger partial charge in [0, 0.05) is 18.7 Å². The van der Waals surface area contributed by atoms with Crippen molar-refractivity contribution in [1.29, 1.82) is 0 Å². The van der Waals surface area contributed by atoms with Crippen molar-refractivity contribution in [3.8, 4) is 0 Å². The number of amides is 2. The lowest BCUT2D eigenvalue weighted by Gasteiger charge is -2.27. The number of benzene rings is 1. The standard InChI is InChI=1S/C16H21N3O2/c1-4-10-17-15(20)19(11-5-2)16-18-14-9-7-6-8-13(14)12(3)21-16/h6-9H,3-5,10-11H2,1-2H3,(H,17,20). The molecule has 0 atom stereocenters. The van der Waals surface area contributed by atoms with Crippen molar-refractivity contribution in [3.63, 3.8) is 0 Å². The first-order valence-electron chi connectivity index (χ1n) is 7.27. The van der Waals surface area contributed by atoms with Crippen LogP contribution in [0.25, 0.3) is 5.76 Å². The second-order valence-electron chi connectivity index (χ2n) is 4.82. The molecule has 0 aliphatic carbocycles. The van der Waals surface area contributed by atoms with E-state index in [0.717, 1.165) is 24.1 Å². The topological polar surface area (TPSA) is 53.9 Å². The monoisotopic (exact) mass is 287 g/mol. The number of amidine groups is 1. The number of hydrogen-bond donors (Lipinski definition) is 1. The third-order valence-corrected chi connectivity index (χ3v) is 3.08. The fraction of sp³-hybridized carbons (Fsp3) is 0.375. The van der Waals surface area contributed by atoms with Crippen molar-refractivity contribution in [1.82, 2.24) is 10.2 Å². The maximum atomic E-state index is 12.2. The highest BCUT2D eigenvalue weighted by Gasteiger charge is 2.25. The van der Waals surface area contributed by atoms with E-state index >= 15 is 0 Å². The maximum absolute atomic E-state index is 12.2. The van der Waals surface area contributed by atoms with Gasteiger partial charge in [0.25, 0.3) is 0 Å². The molecule has 0 radical (unpaired) electrons. The molecule has 5 heteroatoms. The lowest BCUT2D eigenvalue weighted by molar-refractivity contribution is 0.213. The van der Waals surface area contributed by atoms with Gasteiger partial charge in [-0.1, -0.05) is 32.6 Å². The highest BCUT2D eigenvalue weighted by Crippen LogP contribution is 2.31. The van der Waals surface area contributed by atoms with Crippen molar-refractivity contribution < 1.29 is 9.53 Å². The van der Waals surface area contributed by atoms with Crippen LogP contribution in [0.15, 0.2) is 35.8 Å². The summed E-state index contributed by atoms with van der Waals surface area (Å²) in [6, 6.07) is 7.70. The van der Waals surface area contributed by atoms with Crippen LogP contribution in [0.4, 0.5) is 10.5 Å². The normalized spacial score (nSPS) is 13.0. The fourth-order valence-corrected chi connectivity index (χ4v) is 2.05. The smallest absolute Gasteiger partial charge is 0.325 e.